The highest BCUT2D eigenvalue weighted by Gasteiger charge is 2.67. The molecule has 2 saturated heterocycles. The Morgan fingerprint density at radius 2 is 2.35 bits per heavy atom. The van der Waals surface area contributed by atoms with E-state index in [0.717, 1.165) is 19.4 Å². The quantitative estimate of drug-likeness (QED) is 0.559. The molecule has 0 saturated carbocycles. The number of rotatable bonds is 5. The number of nitrogens with zero attached hydrogens (tertiary/aromatic N) is 1. The van der Waals surface area contributed by atoms with Crippen LogP contribution in [0.5, 0.6) is 0 Å². The van der Waals surface area contributed by atoms with Gasteiger partial charge in [0.15, 0.2) is 0 Å². The zero-order chi connectivity index (χ0) is 14.3. The lowest BCUT2D eigenvalue weighted by molar-refractivity contribution is -0.153. The third-order valence-electron chi connectivity index (χ3n) is 4.52. The van der Waals surface area contributed by atoms with E-state index in [2.05, 4.69) is 6.92 Å². The first-order valence-electron chi connectivity index (χ1n) is 7.45. The second-order valence-corrected chi connectivity index (χ2v) is 5.77. The van der Waals surface area contributed by atoms with Crippen molar-refractivity contribution in [2.24, 2.45) is 11.8 Å². The van der Waals surface area contributed by atoms with Crippen molar-refractivity contribution in [2.75, 3.05) is 19.7 Å². The summed E-state index contributed by atoms with van der Waals surface area (Å²) in [6, 6.07) is 0. The molecule has 0 aliphatic carbocycles. The number of carbonyl (C=O) groups is 2. The number of likely N-dealkylation sites (tertiary alicyclic amines) is 1. The van der Waals surface area contributed by atoms with Crippen molar-refractivity contribution in [1.82, 2.24) is 4.90 Å². The molecule has 0 aromatic rings. The van der Waals surface area contributed by atoms with E-state index in [-0.39, 0.29) is 18.0 Å². The van der Waals surface area contributed by atoms with Gasteiger partial charge in [-0.2, -0.15) is 0 Å². The molecule has 20 heavy (non-hydrogen) atoms. The summed E-state index contributed by atoms with van der Waals surface area (Å²) in [5.41, 5.74) is -0.590. The summed E-state index contributed by atoms with van der Waals surface area (Å²) in [7, 11) is 0. The van der Waals surface area contributed by atoms with E-state index in [4.69, 9.17) is 9.47 Å². The lowest BCUT2D eigenvalue weighted by Gasteiger charge is -2.22. The third kappa shape index (κ3) is 1.79. The van der Waals surface area contributed by atoms with E-state index >= 15 is 0 Å². The molecule has 3 rings (SSSR count). The fourth-order valence-electron chi connectivity index (χ4n) is 3.62. The summed E-state index contributed by atoms with van der Waals surface area (Å²) >= 11 is 0. The molecule has 0 radical (unpaired) electrons. The summed E-state index contributed by atoms with van der Waals surface area (Å²) < 4.78 is 11.1. The second-order valence-electron chi connectivity index (χ2n) is 5.77. The summed E-state index contributed by atoms with van der Waals surface area (Å²) in [5, 5.41) is 0. The van der Waals surface area contributed by atoms with Crippen LogP contribution in [0.2, 0.25) is 0 Å². The van der Waals surface area contributed by atoms with Crippen LogP contribution in [0.4, 0.5) is 0 Å². The van der Waals surface area contributed by atoms with Gasteiger partial charge in [-0.15, -0.1) is 0 Å². The van der Waals surface area contributed by atoms with Crippen LogP contribution in [-0.4, -0.2) is 48.2 Å². The molecule has 5 nitrogen and oxygen atoms in total. The second kappa shape index (κ2) is 4.88. The van der Waals surface area contributed by atoms with E-state index < -0.39 is 17.4 Å². The minimum Gasteiger partial charge on any atom is -0.466 e. The van der Waals surface area contributed by atoms with E-state index in [1.165, 1.54) is 0 Å². The first-order chi connectivity index (χ1) is 9.63. The van der Waals surface area contributed by atoms with Gasteiger partial charge in [0.25, 0.3) is 0 Å². The third-order valence-corrected chi connectivity index (χ3v) is 4.52. The molecule has 1 spiro atoms. The zero-order valence-electron chi connectivity index (χ0n) is 12.0. The summed E-state index contributed by atoms with van der Waals surface area (Å²) in [5.74, 6) is -1.13. The van der Waals surface area contributed by atoms with Crippen LogP contribution in [0.15, 0.2) is 12.2 Å². The van der Waals surface area contributed by atoms with Crippen molar-refractivity contribution < 1.29 is 19.1 Å². The van der Waals surface area contributed by atoms with E-state index in [0.29, 0.717) is 13.2 Å². The number of fused-ring (bicyclic) bond motifs is 1. The van der Waals surface area contributed by atoms with Gasteiger partial charge in [0, 0.05) is 6.54 Å². The summed E-state index contributed by atoms with van der Waals surface area (Å²) in [6.07, 6.45) is 5.61. The Labute approximate surface area is 118 Å². The van der Waals surface area contributed by atoms with Crippen molar-refractivity contribution in [3.8, 4) is 0 Å². The fourth-order valence-corrected chi connectivity index (χ4v) is 3.62. The monoisotopic (exact) mass is 279 g/mol. The molecule has 110 valence electrons. The number of ether oxygens (including phenoxy) is 2. The van der Waals surface area contributed by atoms with Crippen molar-refractivity contribution in [3.63, 3.8) is 0 Å². The molecule has 0 unspecified atom stereocenters. The average Bonchev–Trinajstić information content (AvgIpc) is 3.05. The van der Waals surface area contributed by atoms with Crippen LogP contribution < -0.4 is 0 Å². The highest BCUT2D eigenvalue weighted by molar-refractivity contribution is 5.91. The highest BCUT2D eigenvalue weighted by Crippen LogP contribution is 2.52. The van der Waals surface area contributed by atoms with E-state index in [1.807, 2.05) is 17.1 Å². The predicted octanol–water partition coefficient (Wildman–Crippen LogP) is 1.13. The average molecular weight is 279 g/mol. The molecule has 4 atom stereocenters. The van der Waals surface area contributed by atoms with Gasteiger partial charge in [0.1, 0.15) is 11.5 Å². The highest BCUT2D eigenvalue weighted by atomic mass is 16.6. The molecular formula is C15H21NO4. The largest absolute Gasteiger partial charge is 0.466 e. The van der Waals surface area contributed by atoms with Gasteiger partial charge in [-0.05, 0) is 13.3 Å². The Bertz CT molecular complexity index is 461. The standard InChI is InChI=1S/C15H21NO4/c1-3-5-8-16-9-15-7-6-10(20-15)11(12(15)13(16)17)14(18)19-4-2/h6-7,10-12H,3-5,8-9H2,1-2H3/t10-,11-,12-,15+/m1/s1. The molecule has 0 N–H and O–H groups in total. The normalized spacial score (nSPS) is 37.6. The topological polar surface area (TPSA) is 55.8 Å². The van der Waals surface area contributed by atoms with Gasteiger partial charge in [-0.25, -0.2) is 0 Å². The smallest absolute Gasteiger partial charge is 0.312 e. The van der Waals surface area contributed by atoms with Crippen molar-refractivity contribution in [2.45, 2.75) is 38.4 Å². The van der Waals surface area contributed by atoms with Crippen LogP contribution in [0.3, 0.4) is 0 Å². The van der Waals surface area contributed by atoms with Gasteiger partial charge in [0.2, 0.25) is 5.91 Å². The van der Waals surface area contributed by atoms with E-state index in [1.54, 1.807) is 6.92 Å². The minimum absolute atomic E-state index is 0.0448. The fraction of sp³-hybridized carbons (Fsp3) is 0.733. The molecule has 0 aromatic carbocycles. The zero-order valence-corrected chi connectivity index (χ0v) is 12.0. The van der Waals surface area contributed by atoms with Gasteiger partial charge < -0.3 is 14.4 Å². The molecule has 1 amide bonds. The van der Waals surface area contributed by atoms with Crippen LogP contribution in [-0.2, 0) is 19.1 Å². The van der Waals surface area contributed by atoms with Crippen LogP contribution in [0.25, 0.3) is 0 Å². The Morgan fingerprint density at radius 1 is 1.55 bits per heavy atom. The van der Waals surface area contributed by atoms with Crippen LogP contribution >= 0.6 is 0 Å². The number of hydrogen-bond donors (Lipinski definition) is 0. The molecule has 0 aromatic heterocycles. The maximum Gasteiger partial charge on any atom is 0.312 e. The van der Waals surface area contributed by atoms with Crippen LogP contribution in [0, 0.1) is 11.8 Å². The van der Waals surface area contributed by atoms with Crippen molar-refractivity contribution in [1.29, 1.82) is 0 Å². The van der Waals surface area contributed by atoms with Gasteiger partial charge in [-0.1, -0.05) is 25.5 Å². The molecule has 3 aliphatic heterocycles. The molecule has 5 heteroatoms. The molecule has 2 fully saturated rings. The lowest BCUT2D eigenvalue weighted by atomic mass is 9.77. The summed E-state index contributed by atoms with van der Waals surface area (Å²) in [6.45, 7) is 5.52. The SMILES string of the molecule is CCCCN1C[C@]23C=C[C@@H](O2)[C@@H](C(=O)OCC)[C@@H]3C1=O. The number of hydrogen-bond acceptors (Lipinski definition) is 4. The first-order valence-corrected chi connectivity index (χ1v) is 7.45. The maximum absolute atomic E-state index is 12.6. The number of esters is 1. The Balaban J connectivity index is 1.83. The van der Waals surface area contributed by atoms with Gasteiger partial charge in [-0.3, -0.25) is 9.59 Å². The van der Waals surface area contributed by atoms with Gasteiger partial charge >= 0.3 is 5.97 Å². The van der Waals surface area contributed by atoms with Crippen LogP contribution in [0.1, 0.15) is 26.7 Å². The Kier molecular flexibility index (Phi) is 3.32. The molecule has 2 bridgehead atoms. The molecular weight excluding hydrogens is 258 g/mol. The molecule has 3 aliphatic rings. The van der Waals surface area contributed by atoms with Crippen molar-refractivity contribution >= 4 is 11.9 Å². The van der Waals surface area contributed by atoms with Gasteiger partial charge in [0.05, 0.1) is 25.2 Å². The molecule has 3 heterocycles. The minimum atomic E-state index is -0.590. The number of unbranched alkanes of at least 4 members (excludes halogenated alkanes) is 1. The number of amides is 1. The summed E-state index contributed by atoms with van der Waals surface area (Å²) in [4.78, 5) is 26.6. The Hall–Kier alpha value is -1.36. The maximum atomic E-state index is 12.6. The predicted molar refractivity (Wildman–Crippen MR) is 71.8 cm³/mol. The number of carbonyl (C=O) groups excluding carboxylic acids is 2. The first kappa shape index (κ1) is 13.6. The lowest BCUT2D eigenvalue weighted by Crippen LogP contribution is -2.40. The van der Waals surface area contributed by atoms with Crippen molar-refractivity contribution in [3.05, 3.63) is 12.2 Å². The van der Waals surface area contributed by atoms with E-state index in [9.17, 15) is 9.59 Å². The Morgan fingerprint density at radius 3 is 3.05 bits per heavy atom.